The van der Waals surface area contributed by atoms with Crippen molar-refractivity contribution in [3.05, 3.63) is 41.3 Å². The quantitative estimate of drug-likeness (QED) is 0.671. The molecule has 0 saturated carbocycles. The minimum absolute atomic E-state index is 0.0390. The van der Waals surface area contributed by atoms with Crippen molar-refractivity contribution < 1.29 is 14.3 Å². The maximum Gasteiger partial charge on any atom is 0.194 e. The second-order valence-corrected chi connectivity index (χ2v) is 5.31. The highest BCUT2D eigenvalue weighted by atomic mass is 16.5. The zero-order chi connectivity index (χ0) is 14.0. The van der Waals surface area contributed by atoms with E-state index in [0.29, 0.717) is 23.6 Å². The van der Waals surface area contributed by atoms with Crippen LogP contribution >= 0.6 is 0 Å². The van der Waals surface area contributed by atoms with Crippen LogP contribution in [0.4, 0.5) is 0 Å². The number of hydrogen-bond acceptors (Lipinski definition) is 4. The molecule has 1 aromatic carbocycles. The lowest BCUT2D eigenvalue weighted by atomic mass is 10.0. The Balaban J connectivity index is 2.21. The van der Waals surface area contributed by atoms with Crippen LogP contribution in [-0.4, -0.2) is 25.0 Å². The summed E-state index contributed by atoms with van der Waals surface area (Å²) >= 11 is 0. The topological polar surface area (TPSA) is 47.6 Å². The second kappa shape index (κ2) is 4.96. The van der Waals surface area contributed by atoms with Gasteiger partial charge >= 0.3 is 0 Å². The molecule has 0 bridgehead atoms. The Kier molecular flexibility index (Phi) is 3.51. The van der Waals surface area contributed by atoms with Crippen LogP contribution in [0, 0.1) is 0 Å². The highest BCUT2D eigenvalue weighted by Crippen LogP contribution is 2.22. The second-order valence-electron chi connectivity index (χ2n) is 5.31. The first kappa shape index (κ1) is 13.5. The number of allylic oxidation sites excluding steroid dienone is 1. The molecule has 0 amide bonds. The fourth-order valence-corrected chi connectivity index (χ4v) is 1.90. The van der Waals surface area contributed by atoms with Crippen molar-refractivity contribution in [1.82, 2.24) is 5.32 Å². The van der Waals surface area contributed by atoms with Crippen LogP contribution in [0.5, 0.6) is 5.75 Å². The molecule has 1 N–H and O–H groups in total. The fraction of sp³-hybridized carbons (Fsp3) is 0.400. The number of rotatable bonds is 3. The summed E-state index contributed by atoms with van der Waals surface area (Å²) in [5.74, 6) is 1.27. The van der Waals surface area contributed by atoms with Gasteiger partial charge in [0.15, 0.2) is 11.7 Å². The Bertz CT molecular complexity index is 515. The maximum absolute atomic E-state index is 12.3. The van der Waals surface area contributed by atoms with Gasteiger partial charge in [0, 0.05) is 5.56 Å². The lowest BCUT2D eigenvalue weighted by molar-refractivity contribution is 0.102. The Hall–Kier alpha value is -1.97. The molecule has 0 atom stereocenters. The number of carbonyl (C=O) groups excluding carboxylic acids is 1. The van der Waals surface area contributed by atoms with E-state index < -0.39 is 0 Å². The van der Waals surface area contributed by atoms with E-state index in [1.165, 1.54) is 0 Å². The molecule has 1 aliphatic heterocycles. The van der Waals surface area contributed by atoms with Crippen molar-refractivity contribution >= 4 is 5.78 Å². The van der Waals surface area contributed by atoms with Gasteiger partial charge in [-0.1, -0.05) is 0 Å². The van der Waals surface area contributed by atoms with Crippen LogP contribution < -0.4 is 10.1 Å². The van der Waals surface area contributed by atoms with Gasteiger partial charge in [0.1, 0.15) is 12.4 Å². The Labute approximate surface area is 113 Å². The van der Waals surface area contributed by atoms with Gasteiger partial charge in [0.2, 0.25) is 0 Å². The van der Waals surface area contributed by atoms with Crippen LogP contribution in [-0.2, 0) is 4.74 Å². The summed E-state index contributed by atoms with van der Waals surface area (Å²) in [6.45, 7) is 6.40. The third kappa shape index (κ3) is 2.89. The number of carbonyl (C=O) groups is 1. The smallest absolute Gasteiger partial charge is 0.194 e. The summed E-state index contributed by atoms with van der Waals surface area (Å²) in [5.41, 5.74) is 1.09. The fourth-order valence-electron chi connectivity index (χ4n) is 1.90. The van der Waals surface area contributed by atoms with Crippen molar-refractivity contribution in [2.75, 3.05) is 13.7 Å². The average Bonchev–Trinajstić information content (AvgIpc) is 2.77. The number of benzene rings is 1. The zero-order valence-electron chi connectivity index (χ0n) is 11.7. The average molecular weight is 261 g/mol. The van der Waals surface area contributed by atoms with Gasteiger partial charge in [-0.15, -0.1) is 0 Å². The number of nitrogens with one attached hydrogen (secondary N) is 1. The maximum atomic E-state index is 12.3. The van der Waals surface area contributed by atoms with Gasteiger partial charge in [-0.25, -0.2) is 0 Å². The van der Waals surface area contributed by atoms with Gasteiger partial charge in [-0.05, 0) is 45.0 Å². The van der Waals surface area contributed by atoms with E-state index in [0.717, 1.165) is 5.75 Å². The number of ether oxygens (including phenoxy) is 2. The summed E-state index contributed by atoms with van der Waals surface area (Å²) < 4.78 is 10.6. The number of methoxy groups -OCH3 is 1. The van der Waals surface area contributed by atoms with Gasteiger partial charge in [-0.3, -0.25) is 4.79 Å². The SMILES string of the molecule is COc1ccc(C(=O)/C(C)=C2\NC(C)(C)CO2)cc1. The largest absolute Gasteiger partial charge is 0.497 e. The number of Topliss-reactive ketones (excluding diaryl/α,β-unsaturated/α-hetero) is 1. The van der Waals surface area contributed by atoms with Crippen LogP contribution in [0.1, 0.15) is 31.1 Å². The van der Waals surface area contributed by atoms with E-state index in [4.69, 9.17) is 9.47 Å². The lowest BCUT2D eigenvalue weighted by Gasteiger charge is -2.14. The molecule has 0 aromatic heterocycles. The number of hydrogen-bond donors (Lipinski definition) is 1. The minimum Gasteiger partial charge on any atom is -0.497 e. The summed E-state index contributed by atoms with van der Waals surface area (Å²) in [6.07, 6.45) is 0. The molecule has 1 saturated heterocycles. The predicted molar refractivity (Wildman–Crippen MR) is 73.2 cm³/mol. The molecule has 1 aliphatic rings. The van der Waals surface area contributed by atoms with E-state index in [1.54, 1.807) is 38.3 Å². The molecule has 0 radical (unpaired) electrons. The monoisotopic (exact) mass is 261 g/mol. The Morgan fingerprint density at radius 2 is 1.95 bits per heavy atom. The highest BCUT2D eigenvalue weighted by molar-refractivity contribution is 6.08. The molecular weight excluding hydrogens is 242 g/mol. The van der Waals surface area contributed by atoms with Crippen molar-refractivity contribution in [2.24, 2.45) is 0 Å². The van der Waals surface area contributed by atoms with E-state index >= 15 is 0 Å². The van der Waals surface area contributed by atoms with Crippen LogP contribution in [0.3, 0.4) is 0 Å². The normalized spacial score (nSPS) is 19.4. The molecule has 0 aliphatic carbocycles. The Morgan fingerprint density at radius 1 is 1.32 bits per heavy atom. The molecule has 0 unspecified atom stereocenters. The van der Waals surface area contributed by atoms with Crippen molar-refractivity contribution in [3.8, 4) is 5.75 Å². The molecular formula is C15H19NO3. The van der Waals surface area contributed by atoms with Gasteiger partial charge in [0.25, 0.3) is 0 Å². The Morgan fingerprint density at radius 3 is 2.42 bits per heavy atom. The molecule has 1 fully saturated rings. The minimum atomic E-state index is -0.128. The van der Waals surface area contributed by atoms with Crippen molar-refractivity contribution in [3.63, 3.8) is 0 Å². The van der Waals surface area contributed by atoms with E-state index in [-0.39, 0.29) is 11.3 Å². The van der Waals surface area contributed by atoms with Crippen molar-refractivity contribution in [1.29, 1.82) is 0 Å². The van der Waals surface area contributed by atoms with Crippen molar-refractivity contribution in [2.45, 2.75) is 26.3 Å². The summed E-state index contributed by atoms with van der Waals surface area (Å²) in [7, 11) is 1.60. The third-order valence-electron chi connectivity index (χ3n) is 3.06. The van der Waals surface area contributed by atoms with Crippen LogP contribution in [0.15, 0.2) is 35.7 Å². The summed E-state index contributed by atoms with van der Waals surface area (Å²) in [5, 5.41) is 3.22. The summed E-state index contributed by atoms with van der Waals surface area (Å²) in [6, 6.07) is 7.06. The molecule has 102 valence electrons. The van der Waals surface area contributed by atoms with Crippen LogP contribution in [0.25, 0.3) is 0 Å². The van der Waals surface area contributed by atoms with E-state index in [2.05, 4.69) is 5.32 Å². The lowest BCUT2D eigenvalue weighted by Crippen LogP contribution is -2.34. The molecule has 1 aromatic rings. The molecule has 4 nitrogen and oxygen atoms in total. The number of ketones is 1. The molecule has 19 heavy (non-hydrogen) atoms. The third-order valence-corrected chi connectivity index (χ3v) is 3.06. The molecule has 1 heterocycles. The van der Waals surface area contributed by atoms with Crippen LogP contribution in [0.2, 0.25) is 0 Å². The first-order chi connectivity index (χ1) is 8.93. The van der Waals surface area contributed by atoms with E-state index in [9.17, 15) is 4.79 Å². The van der Waals surface area contributed by atoms with Gasteiger partial charge in [0.05, 0.1) is 18.2 Å². The zero-order valence-corrected chi connectivity index (χ0v) is 11.7. The molecule has 4 heteroatoms. The van der Waals surface area contributed by atoms with E-state index in [1.807, 2.05) is 13.8 Å². The first-order valence-electron chi connectivity index (χ1n) is 6.23. The molecule has 0 spiro atoms. The van der Waals surface area contributed by atoms with Gasteiger partial charge in [-0.2, -0.15) is 0 Å². The first-order valence-corrected chi connectivity index (χ1v) is 6.23. The standard InChI is InChI=1S/C15H19NO3/c1-10(14-16-15(2,3)9-19-14)13(17)11-5-7-12(18-4)8-6-11/h5-8,16H,9H2,1-4H3/b14-10+. The predicted octanol–water partition coefficient (Wildman–Crippen LogP) is 2.51. The highest BCUT2D eigenvalue weighted by Gasteiger charge is 2.30. The summed E-state index contributed by atoms with van der Waals surface area (Å²) in [4.78, 5) is 12.3. The molecule has 2 rings (SSSR count). The van der Waals surface area contributed by atoms with Gasteiger partial charge < -0.3 is 14.8 Å².